The zero-order valence-corrected chi connectivity index (χ0v) is 12.0. The molecule has 0 spiro atoms. The van der Waals surface area contributed by atoms with Gasteiger partial charge < -0.3 is 16.4 Å². The molecule has 0 aliphatic heterocycles. The lowest BCUT2D eigenvalue weighted by atomic mass is 9.96. The molecule has 0 fully saturated rings. The summed E-state index contributed by atoms with van der Waals surface area (Å²) in [6, 6.07) is 0. The highest BCUT2D eigenvalue weighted by Crippen LogP contribution is 2.11. The summed E-state index contributed by atoms with van der Waals surface area (Å²) in [6.07, 6.45) is 0. The Bertz CT molecular complexity index is 272. The number of rotatable bonds is 4. The Morgan fingerprint density at radius 2 is 1.59 bits per heavy atom. The zero-order valence-electron chi connectivity index (χ0n) is 11.2. The average Bonchev–Trinajstić information content (AvgIpc) is 2.12. The van der Waals surface area contributed by atoms with Crippen molar-refractivity contribution in [3.8, 4) is 0 Å². The summed E-state index contributed by atoms with van der Waals surface area (Å²) in [5, 5.41) is 5.31. The molecule has 0 saturated heterocycles. The van der Waals surface area contributed by atoms with Gasteiger partial charge in [-0.05, 0) is 13.8 Å². The number of amides is 2. The van der Waals surface area contributed by atoms with E-state index in [0.29, 0.717) is 6.54 Å². The van der Waals surface area contributed by atoms with Gasteiger partial charge in [0, 0.05) is 17.5 Å². The van der Waals surface area contributed by atoms with Crippen LogP contribution in [0, 0.1) is 5.41 Å². The molecule has 0 saturated carbocycles. The number of halogens is 1. The van der Waals surface area contributed by atoms with Crippen molar-refractivity contribution in [3.63, 3.8) is 0 Å². The number of carbonyl (C=O) groups is 2. The number of nitrogens with two attached hydrogens (primary N) is 1. The van der Waals surface area contributed by atoms with E-state index in [9.17, 15) is 9.59 Å². The number of hydrogen-bond donors (Lipinski definition) is 3. The van der Waals surface area contributed by atoms with Crippen molar-refractivity contribution < 1.29 is 9.59 Å². The van der Waals surface area contributed by atoms with Crippen LogP contribution in [0.3, 0.4) is 0 Å². The third kappa shape index (κ3) is 7.99. The molecule has 0 aliphatic rings. The van der Waals surface area contributed by atoms with Gasteiger partial charge in [0.25, 0.3) is 0 Å². The molecule has 0 bridgehead atoms. The smallest absolute Gasteiger partial charge is 0.239 e. The summed E-state index contributed by atoms with van der Waals surface area (Å²) in [5.41, 5.74) is 4.55. The zero-order chi connectivity index (χ0) is 13.0. The minimum absolute atomic E-state index is 0. The van der Waals surface area contributed by atoms with Crippen molar-refractivity contribution in [2.75, 3.05) is 13.1 Å². The van der Waals surface area contributed by atoms with Crippen LogP contribution in [0.25, 0.3) is 0 Å². The molecule has 0 heterocycles. The van der Waals surface area contributed by atoms with E-state index < -0.39 is 11.0 Å². The van der Waals surface area contributed by atoms with Gasteiger partial charge in [0.15, 0.2) is 0 Å². The fourth-order valence-electron chi connectivity index (χ4n) is 0.898. The molecule has 0 aliphatic carbocycles. The summed E-state index contributed by atoms with van der Waals surface area (Å²) >= 11 is 0. The fourth-order valence-corrected chi connectivity index (χ4v) is 0.898. The first kappa shape index (κ1) is 18.6. The molecular weight excluding hydrogens is 242 g/mol. The molecule has 0 aromatic carbocycles. The van der Waals surface area contributed by atoms with Crippen LogP contribution >= 0.6 is 12.4 Å². The van der Waals surface area contributed by atoms with E-state index in [-0.39, 0.29) is 30.8 Å². The summed E-state index contributed by atoms with van der Waals surface area (Å²) in [5.74, 6) is -0.374. The molecule has 0 rings (SSSR count). The van der Waals surface area contributed by atoms with Crippen LogP contribution in [0.15, 0.2) is 0 Å². The standard InChI is InChI=1S/C11H23N3O2.ClH/c1-10(2,3)9(16)13-6-8(15)14-11(4,5)7-12;/h6-7,12H2,1-5H3,(H,13,16)(H,14,15);1H. The lowest BCUT2D eigenvalue weighted by Crippen LogP contribution is -2.52. The highest BCUT2D eigenvalue weighted by Gasteiger charge is 2.23. The first-order chi connectivity index (χ1) is 7.08. The molecule has 6 heteroatoms. The largest absolute Gasteiger partial charge is 0.348 e. The van der Waals surface area contributed by atoms with Crippen LogP contribution in [0.1, 0.15) is 34.6 Å². The van der Waals surface area contributed by atoms with Gasteiger partial charge in [0.2, 0.25) is 11.8 Å². The van der Waals surface area contributed by atoms with Crippen molar-refractivity contribution >= 4 is 24.2 Å². The van der Waals surface area contributed by atoms with Crippen LogP contribution in [0.2, 0.25) is 0 Å². The molecule has 17 heavy (non-hydrogen) atoms. The second kappa shape index (κ2) is 6.81. The Hall–Kier alpha value is -0.810. The monoisotopic (exact) mass is 265 g/mol. The average molecular weight is 266 g/mol. The number of hydrogen-bond acceptors (Lipinski definition) is 3. The maximum Gasteiger partial charge on any atom is 0.239 e. The van der Waals surface area contributed by atoms with Gasteiger partial charge in [-0.15, -0.1) is 12.4 Å². The molecule has 0 unspecified atom stereocenters. The minimum atomic E-state index is -0.482. The highest BCUT2D eigenvalue weighted by molar-refractivity contribution is 5.87. The topological polar surface area (TPSA) is 84.2 Å². The molecule has 5 nitrogen and oxygen atoms in total. The third-order valence-corrected chi connectivity index (χ3v) is 2.08. The van der Waals surface area contributed by atoms with Gasteiger partial charge in [-0.3, -0.25) is 9.59 Å². The first-order valence-corrected chi connectivity index (χ1v) is 5.38. The van der Waals surface area contributed by atoms with Crippen molar-refractivity contribution in [1.29, 1.82) is 0 Å². The van der Waals surface area contributed by atoms with Crippen molar-refractivity contribution in [3.05, 3.63) is 0 Å². The van der Waals surface area contributed by atoms with E-state index in [1.165, 1.54) is 0 Å². The van der Waals surface area contributed by atoms with Gasteiger partial charge in [-0.25, -0.2) is 0 Å². The summed E-state index contributed by atoms with van der Waals surface area (Å²) in [6.45, 7) is 9.39. The molecule has 2 amide bonds. The summed E-state index contributed by atoms with van der Waals surface area (Å²) < 4.78 is 0. The molecule has 0 aromatic heterocycles. The first-order valence-electron chi connectivity index (χ1n) is 5.38. The van der Waals surface area contributed by atoms with Crippen LogP contribution < -0.4 is 16.4 Å². The second-order valence-corrected chi connectivity index (χ2v) is 5.57. The maximum absolute atomic E-state index is 11.5. The van der Waals surface area contributed by atoms with E-state index in [1.54, 1.807) is 20.8 Å². The van der Waals surface area contributed by atoms with E-state index in [0.717, 1.165) is 0 Å². The fraction of sp³-hybridized carbons (Fsp3) is 0.818. The Labute approximate surface area is 109 Å². The van der Waals surface area contributed by atoms with Gasteiger partial charge in [-0.1, -0.05) is 20.8 Å². The van der Waals surface area contributed by atoms with Crippen molar-refractivity contribution in [2.45, 2.75) is 40.2 Å². The van der Waals surface area contributed by atoms with Crippen LogP contribution in [0.4, 0.5) is 0 Å². The Kier molecular flexibility index (Phi) is 7.43. The lowest BCUT2D eigenvalue weighted by Gasteiger charge is -2.25. The van der Waals surface area contributed by atoms with Gasteiger partial charge in [-0.2, -0.15) is 0 Å². The number of nitrogens with one attached hydrogen (secondary N) is 2. The van der Waals surface area contributed by atoms with Gasteiger partial charge in [0.05, 0.1) is 6.54 Å². The van der Waals surface area contributed by atoms with Crippen molar-refractivity contribution in [2.24, 2.45) is 11.1 Å². The summed E-state index contributed by atoms with van der Waals surface area (Å²) in [7, 11) is 0. The summed E-state index contributed by atoms with van der Waals surface area (Å²) in [4.78, 5) is 23.0. The second-order valence-electron chi connectivity index (χ2n) is 5.57. The molecule has 0 atom stereocenters. The normalized spacial score (nSPS) is 11.4. The predicted molar refractivity (Wildman–Crippen MR) is 71.0 cm³/mol. The molecule has 0 radical (unpaired) electrons. The van der Waals surface area contributed by atoms with Crippen LogP contribution in [0.5, 0.6) is 0 Å². The van der Waals surface area contributed by atoms with Gasteiger partial charge in [0.1, 0.15) is 0 Å². The van der Waals surface area contributed by atoms with E-state index in [4.69, 9.17) is 5.73 Å². The molecule has 4 N–H and O–H groups in total. The minimum Gasteiger partial charge on any atom is -0.348 e. The van der Waals surface area contributed by atoms with E-state index in [1.807, 2.05) is 13.8 Å². The molecule has 102 valence electrons. The van der Waals surface area contributed by atoms with Crippen molar-refractivity contribution in [1.82, 2.24) is 10.6 Å². The Balaban J connectivity index is 0. The van der Waals surface area contributed by atoms with Gasteiger partial charge >= 0.3 is 0 Å². The quantitative estimate of drug-likeness (QED) is 0.689. The highest BCUT2D eigenvalue weighted by atomic mass is 35.5. The van der Waals surface area contributed by atoms with E-state index in [2.05, 4.69) is 10.6 Å². The Morgan fingerprint density at radius 1 is 1.12 bits per heavy atom. The molecule has 0 aromatic rings. The SMILES string of the molecule is CC(C)(CN)NC(=O)CNC(=O)C(C)(C)C.Cl. The van der Waals surface area contributed by atoms with Crippen LogP contribution in [-0.4, -0.2) is 30.4 Å². The van der Waals surface area contributed by atoms with E-state index >= 15 is 0 Å². The molecular formula is C11H24ClN3O2. The van der Waals surface area contributed by atoms with Crippen LogP contribution in [-0.2, 0) is 9.59 Å². The number of carbonyl (C=O) groups excluding carboxylic acids is 2. The predicted octanol–water partition coefficient (Wildman–Crippen LogP) is 0.424. The third-order valence-electron chi connectivity index (χ3n) is 2.08. The Morgan fingerprint density at radius 3 is 1.94 bits per heavy atom. The lowest BCUT2D eigenvalue weighted by molar-refractivity contribution is -0.131. The maximum atomic E-state index is 11.5.